The van der Waals surface area contributed by atoms with Crippen molar-refractivity contribution in [1.82, 2.24) is 0 Å². The van der Waals surface area contributed by atoms with Gasteiger partial charge < -0.3 is 14.2 Å². The van der Waals surface area contributed by atoms with Gasteiger partial charge in [-0.25, -0.2) is 0 Å². The molecule has 5 rings (SSSR count). The molecular formula is C26H34O7. The molecule has 180 valence electrons. The van der Waals surface area contributed by atoms with Crippen molar-refractivity contribution >= 4 is 23.7 Å². The molecule has 0 bridgehead atoms. The molecular weight excluding hydrogens is 424 g/mol. The van der Waals surface area contributed by atoms with Crippen LogP contribution in [0.4, 0.5) is 0 Å². The Morgan fingerprint density at radius 1 is 1.12 bits per heavy atom. The van der Waals surface area contributed by atoms with E-state index in [0.29, 0.717) is 38.5 Å². The average molecular weight is 459 g/mol. The number of ketones is 1. The maximum Gasteiger partial charge on any atom is 0.309 e. The predicted octanol–water partition coefficient (Wildman–Crippen LogP) is 3.53. The van der Waals surface area contributed by atoms with E-state index in [-0.39, 0.29) is 46.9 Å². The summed E-state index contributed by atoms with van der Waals surface area (Å²) in [5.41, 5.74) is -0.309. The standard InChI is InChI=1S/C26H34O7/c1-14(27)32-19-13-25(3)18(6-9-26(25)10-7-20(29)33-26)21-17(23(30)31-4)12-15-11-16(28)5-8-24(15,2)22(19)21/h11,17-19,21-22H,5-10,12-13H2,1-4H3/t17-,18?,19-,21+,22+,24+,25+,26?/m1/s1. The lowest BCUT2D eigenvalue weighted by molar-refractivity contribution is -0.207. The van der Waals surface area contributed by atoms with Crippen LogP contribution in [0, 0.1) is 34.5 Å². The molecule has 4 aliphatic carbocycles. The Kier molecular flexibility index (Phi) is 5.07. The molecule has 7 heteroatoms. The third kappa shape index (κ3) is 3.06. The zero-order valence-electron chi connectivity index (χ0n) is 20.0. The van der Waals surface area contributed by atoms with E-state index in [2.05, 4.69) is 13.8 Å². The van der Waals surface area contributed by atoms with Gasteiger partial charge >= 0.3 is 17.9 Å². The molecule has 1 aliphatic heterocycles. The molecule has 0 aromatic carbocycles. The van der Waals surface area contributed by atoms with Gasteiger partial charge in [0.2, 0.25) is 0 Å². The quantitative estimate of drug-likeness (QED) is 0.461. The molecule has 7 nitrogen and oxygen atoms in total. The van der Waals surface area contributed by atoms with Gasteiger partial charge in [0.1, 0.15) is 11.7 Å². The molecule has 33 heavy (non-hydrogen) atoms. The highest BCUT2D eigenvalue weighted by molar-refractivity contribution is 5.92. The lowest BCUT2D eigenvalue weighted by Crippen LogP contribution is -2.63. The van der Waals surface area contributed by atoms with Crippen LogP contribution in [0.15, 0.2) is 11.6 Å². The third-order valence-corrected chi connectivity index (χ3v) is 10.1. The minimum absolute atomic E-state index is 0.0745. The van der Waals surface area contributed by atoms with Crippen molar-refractivity contribution in [2.75, 3.05) is 7.11 Å². The summed E-state index contributed by atoms with van der Waals surface area (Å²) in [6.45, 7) is 5.77. The van der Waals surface area contributed by atoms with E-state index < -0.39 is 23.0 Å². The van der Waals surface area contributed by atoms with Crippen molar-refractivity contribution in [3.05, 3.63) is 11.6 Å². The van der Waals surface area contributed by atoms with Crippen LogP contribution in [0.25, 0.3) is 0 Å². The first kappa shape index (κ1) is 22.6. The second-order valence-corrected chi connectivity index (χ2v) is 11.4. The fourth-order valence-corrected chi connectivity index (χ4v) is 8.64. The Hall–Kier alpha value is -2.18. The molecule has 1 saturated heterocycles. The van der Waals surface area contributed by atoms with Crippen LogP contribution in [0.5, 0.6) is 0 Å². The molecule has 4 fully saturated rings. The van der Waals surface area contributed by atoms with Crippen molar-refractivity contribution in [2.24, 2.45) is 34.5 Å². The maximum atomic E-state index is 13.1. The van der Waals surface area contributed by atoms with Gasteiger partial charge in [0.25, 0.3) is 0 Å². The summed E-state index contributed by atoms with van der Waals surface area (Å²) in [5.74, 6) is -1.15. The van der Waals surface area contributed by atoms with E-state index >= 15 is 0 Å². The molecule has 8 atom stereocenters. The molecule has 0 N–H and O–H groups in total. The number of rotatable bonds is 2. The first-order valence-electron chi connectivity index (χ1n) is 12.3. The van der Waals surface area contributed by atoms with Gasteiger partial charge in [-0.2, -0.15) is 0 Å². The second kappa shape index (κ2) is 7.41. The first-order chi connectivity index (χ1) is 15.5. The predicted molar refractivity (Wildman–Crippen MR) is 117 cm³/mol. The number of fused-ring (bicyclic) bond motifs is 6. The molecule has 0 aromatic heterocycles. The van der Waals surface area contributed by atoms with Crippen molar-refractivity contribution in [3.8, 4) is 0 Å². The third-order valence-electron chi connectivity index (χ3n) is 10.1. The van der Waals surface area contributed by atoms with E-state index in [1.165, 1.54) is 14.0 Å². The fraction of sp³-hybridized carbons (Fsp3) is 0.769. The zero-order chi connectivity index (χ0) is 23.8. The molecule has 0 aromatic rings. The highest BCUT2D eigenvalue weighted by atomic mass is 16.6. The minimum atomic E-state index is -0.571. The van der Waals surface area contributed by atoms with Gasteiger partial charge in [-0.15, -0.1) is 0 Å². The van der Waals surface area contributed by atoms with E-state index in [9.17, 15) is 19.2 Å². The van der Waals surface area contributed by atoms with Gasteiger partial charge in [-0.05, 0) is 61.9 Å². The molecule has 3 saturated carbocycles. The van der Waals surface area contributed by atoms with Gasteiger partial charge in [0.15, 0.2) is 5.78 Å². The SMILES string of the molecule is COC(=O)[C@@H]1CC2=CC(=O)CC[C@]2(C)[C@@H]2[C@@H]1C1CCC3(CCC(=O)O3)[C@@]1(C)C[C@H]2OC(C)=O. The van der Waals surface area contributed by atoms with E-state index in [1.54, 1.807) is 6.08 Å². The Morgan fingerprint density at radius 2 is 1.88 bits per heavy atom. The number of esters is 3. The van der Waals surface area contributed by atoms with Crippen LogP contribution >= 0.6 is 0 Å². The van der Waals surface area contributed by atoms with Gasteiger partial charge in [0.05, 0.1) is 13.0 Å². The van der Waals surface area contributed by atoms with Crippen LogP contribution in [0.1, 0.15) is 72.1 Å². The monoisotopic (exact) mass is 458 g/mol. The van der Waals surface area contributed by atoms with Crippen molar-refractivity contribution in [3.63, 3.8) is 0 Å². The largest absolute Gasteiger partial charge is 0.469 e. The van der Waals surface area contributed by atoms with Crippen LogP contribution in [0.2, 0.25) is 0 Å². The molecule has 0 amide bonds. The molecule has 1 heterocycles. The summed E-state index contributed by atoms with van der Waals surface area (Å²) >= 11 is 0. The lowest BCUT2D eigenvalue weighted by atomic mass is 9.43. The second-order valence-electron chi connectivity index (χ2n) is 11.4. The topological polar surface area (TPSA) is 96.0 Å². The average Bonchev–Trinajstić information content (AvgIpc) is 3.27. The Balaban J connectivity index is 1.66. The van der Waals surface area contributed by atoms with Crippen molar-refractivity contribution in [1.29, 1.82) is 0 Å². The van der Waals surface area contributed by atoms with Gasteiger partial charge in [0, 0.05) is 31.1 Å². The molecule has 2 unspecified atom stereocenters. The minimum Gasteiger partial charge on any atom is -0.469 e. The lowest BCUT2D eigenvalue weighted by Gasteiger charge is -2.62. The number of allylic oxidation sites excluding steroid dienone is 1. The molecule has 0 radical (unpaired) electrons. The van der Waals surface area contributed by atoms with Gasteiger partial charge in [-0.1, -0.05) is 19.4 Å². The Bertz CT molecular complexity index is 952. The zero-order valence-corrected chi connectivity index (χ0v) is 20.0. The normalized spacial score (nSPS) is 46.1. The fourth-order valence-electron chi connectivity index (χ4n) is 8.64. The van der Waals surface area contributed by atoms with Gasteiger partial charge in [-0.3, -0.25) is 19.2 Å². The highest BCUT2D eigenvalue weighted by Crippen LogP contribution is 2.71. The van der Waals surface area contributed by atoms with Crippen molar-refractivity contribution in [2.45, 2.75) is 83.8 Å². The summed E-state index contributed by atoms with van der Waals surface area (Å²) < 4.78 is 17.3. The number of carbonyl (C=O) groups excluding carboxylic acids is 4. The van der Waals surface area contributed by atoms with Crippen LogP contribution in [-0.2, 0) is 33.4 Å². The summed E-state index contributed by atoms with van der Waals surface area (Å²) in [6, 6.07) is 0. The Morgan fingerprint density at radius 3 is 2.52 bits per heavy atom. The van der Waals surface area contributed by atoms with Crippen molar-refractivity contribution < 1.29 is 33.4 Å². The number of methoxy groups -OCH3 is 1. The number of hydrogen-bond donors (Lipinski definition) is 0. The van der Waals surface area contributed by atoms with E-state index in [4.69, 9.17) is 14.2 Å². The van der Waals surface area contributed by atoms with E-state index in [0.717, 1.165) is 18.4 Å². The summed E-state index contributed by atoms with van der Waals surface area (Å²) in [5, 5.41) is 0. The Labute approximate surface area is 194 Å². The van der Waals surface area contributed by atoms with Crippen LogP contribution in [0.3, 0.4) is 0 Å². The maximum absolute atomic E-state index is 13.1. The molecule has 1 spiro atoms. The number of hydrogen-bond acceptors (Lipinski definition) is 7. The summed E-state index contributed by atoms with van der Waals surface area (Å²) in [7, 11) is 1.41. The number of ether oxygens (including phenoxy) is 3. The van der Waals surface area contributed by atoms with Crippen LogP contribution < -0.4 is 0 Å². The smallest absolute Gasteiger partial charge is 0.309 e. The summed E-state index contributed by atoms with van der Waals surface area (Å²) in [6.07, 6.45) is 6.24. The highest BCUT2D eigenvalue weighted by Gasteiger charge is 2.71. The first-order valence-corrected chi connectivity index (χ1v) is 12.3. The summed E-state index contributed by atoms with van der Waals surface area (Å²) in [4.78, 5) is 50.0. The van der Waals surface area contributed by atoms with Crippen LogP contribution in [-0.4, -0.2) is 42.5 Å². The number of carbonyl (C=O) groups is 4. The molecule has 5 aliphatic rings. The van der Waals surface area contributed by atoms with E-state index in [1.807, 2.05) is 0 Å².